The van der Waals surface area contributed by atoms with Crippen LogP contribution in [-0.4, -0.2) is 40.6 Å². The molecule has 10 heteroatoms. The minimum atomic E-state index is -3.74. The molecular weight excluding hydrogens is 403 g/mol. The maximum Gasteiger partial charge on any atom is 0.310 e. The van der Waals surface area contributed by atoms with Crippen molar-refractivity contribution in [3.63, 3.8) is 0 Å². The third-order valence-corrected chi connectivity index (χ3v) is 4.85. The van der Waals surface area contributed by atoms with E-state index in [1.54, 1.807) is 12.1 Å². The summed E-state index contributed by atoms with van der Waals surface area (Å²) < 4.78 is 45.7. The van der Waals surface area contributed by atoms with E-state index in [4.69, 9.17) is 14.6 Å². The van der Waals surface area contributed by atoms with Gasteiger partial charge in [-0.05, 0) is 41.8 Å². The number of primary sulfonamides is 1. The number of carbonyl (C=O) groups excluding carboxylic acids is 2. The van der Waals surface area contributed by atoms with Crippen LogP contribution in [0.15, 0.2) is 47.4 Å². The van der Waals surface area contributed by atoms with Crippen LogP contribution in [0.4, 0.5) is 4.39 Å². The van der Waals surface area contributed by atoms with Crippen molar-refractivity contribution in [1.29, 1.82) is 0 Å². The number of hydrogen-bond acceptors (Lipinski definition) is 6. The van der Waals surface area contributed by atoms with Crippen molar-refractivity contribution in [3.05, 3.63) is 59.4 Å². The molecule has 0 aliphatic heterocycles. The summed E-state index contributed by atoms with van der Waals surface area (Å²) in [7, 11) is -2.41. The number of benzene rings is 2. The molecule has 0 bridgehead atoms. The van der Waals surface area contributed by atoms with Gasteiger partial charge < -0.3 is 14.8 Å². The molecule has 0 aliphatic carbocycles. The molecule has 29 heavy (non-hydrogen) atoms. The first-order valence-electron chi connectivity index (χ1n) is 8.55. The minimum absolute atomic E-state index is 0.00828. The Morgan fingerprint density at radius 2 is 1.76 bits per heavy atom. The van der Waals surface area contributed by atoms with Crippen LogP contribution in [0.3, 0.4) is 0 Å². The Bertz CT molecular complexity index is 977. The summed E-state index contributed by atoms with van der Waals surface area (Å²) in [6.07, 6.45) is 0.278. The minimum Gasteiger partial charge on any atom is -0.494 e. The standard InChI is InChI=1S/C19H21FN2O6S/c1-27-17-7-4-14(10-16(17)20)11-19(24)28-12-18(23)22-9-8-13-2-5-15(6-3-13)29(21,25)26/h2-7,10H,8-9,11-12H2,1H3,(H,22,23)(H2,21,25,26). The van der Waals surface area contributed by atoms with Gasteiger partial charge in [0.05, 0.1) is 18.4 Å². The lowest BCUT2D eigenvalue weighted by atomic mass is 10.1. The maximum absolute atomic E-state index is 13.6. The van der Waals surface area contributed by atoms with Crippen LogP contribution >= 0.6 is 0 Å². The lowest BCUT2D eigenvalue weighted by Crippen LogP contribution is -2.30. The molecule has 0 radical (unpaired) electrons. The fourth-order valence-corrected chi connectivity index (χ4v) is 2.94. The Morgan fingerprint density at radius 3 is 2.34 bits per heavy atom. The summed E-state index contributed by atoms with van der Waals surface area (Å²) in [4.78, 5) is 23.5. The van der Waals surface area contributed by atoms with Gasteiger partial charge >= 0.3 is 5.97 Å². The quantitative estimate of drug-likeness (QED) is 0.577. The van der Waals surface area contributed by atoms with E-state index in [-0.39, 0.29) is 23.6 Å². The topological polar surface area (TPSA) is 125 Å². The Balaban J connectivity index is 1.71. The van der Waals surface area contributed by atoms with Crippen LogP contribution in [-0.2, 0) is 37.2 Å². The van der Waals surface area contributed by atoms with E-state index in [2.05, 4.69) is 5.32 Å². The van der Waals surface area contributed by atoms with Crippen LogP contribution in [0.2, 0.25) is 0 Å². The predicted molar refractivity (Wildman–Crippen MR) is 102 cm³/mol. The van der Waals surface area contributed by atoms with Crippen LogP contribution < -0.4 is 15.2 Å². The third-order valence-electron chi connectivity index (χ3n) is 3.92. The molecule has 156 valence electrons. The molecule has 0 saturated carbocycles. The second-order valence-electron chi connectivity index (χ2n) is 6.10. The number of ether oxygens (including phenoxy) is 2. The average Bonchev–Trinajstić information content (AvgIpc) is 2.66. The number of nitrogens with one attached hydrogen (secondary N) is 1. The molecule has 0 fully saturated rings. The van der Waals surface area contributed by atoms with Crippen LogP contribution in [0.25, 0.3) is 0 Å². The van der Waals surface area contributed by atoms with E-state index in [0.717, 1.165) is 5.56 Å². The zero-order chi connectivity index (χ0) is 21.4. The van der Waals surface area contributed by atoms with Crippen molar-refractivity contribution >= 4 is 21.9 Å². The Labute approximate surface area is 167 Å². The lowest BCUT2D eigenvalue weighted by Gasteiger charge is -2.08. The first kappa shape index (κ1) is 22.3. The molecule has 0 heterocycles. The van der Waals surface area contributed by atoms with Crippen LogP contribution in [0.5, 0.6) is 5.75 Å². The Morgan fingerprint density at radius 1 is 1.10 bits per heavy atom. The van der Waals surface area contributed by atoms with Gasteiger partial charge in [0.1, 0.15) is 0 Å². The summed E-state index contributed by atoms with van der Waals surface area (Å²) in [5.74, 6) is -1.67. The number of hydrogen-bond donors (Lipinski definition) is 2. The smallest absolute Gasteiger partial charge is 0.310 e. The van der Waals surface area contributed by atoms with Crippen molar-refractivity contribution in [3.8, 4) is 5.75 Å². The molecule has 0 saturated heterocycles. The van der Waals surface area contributed by atoms with E-state index in [0.29, 0.717) is 12.0 Å². The van der Waals surface area contributed by atoms with Crippen molar-refractivity contribution in [2.45, 2.75) is 17.7 Å². The number of carbonyl (C=O) groups is 2. The fourth-order valence-electron chi connectivity index (χ4n) is 2.43. The second kappa shape index (κ2) is 9.99. The molecule has 0 aliphatic rings. The van der Waals surface area contributed by atoms with Gasteiger partial charge in [-0.25, -0.2) is 17.9 Å². The second-order valence-corrected chi connectivity index (χ2v) is 7.66. The van der Waals surface area contributed by atoms with Crippen molar-refractivity contribution < 1.29 is 31.9 Å². The van der Waals surface area contributed by atoms with Gasteiger partial charge in [0.2, 0.25) is 10.0 Å². The normalized spacial score (nSPS) is 11.0. The number of nitrogens with two attached hydrogens (primary N) is 1. The van der Waals surface area contributed by atoms with Crippen molar-refractivity contribution in [2.24, 2.45) is 5.14 Å². The predicted octanol–water partition coefficient (Wildman–Crippen LogP) is 0.926. The zero-order valence-corrected chi connectivity index (χ0v) is 16.5. The molecule has 3 N–H and O–H groups in total. The highest BCUT2D eigenvalue weighted by atomic mass is 32.2. The molecule has 2 rings (SSSR count). The number of amides is 1. The average molecular weight is 424 g/mol. The van der Waals surface area contributed by atoms with Gasteiger partial charge in [-0.1, -0.05) is 18.2 Å². The van der Waals surface area contributed by atoms with E-state index < -0.39 is 34.3 Å². The van der Waals surface area contributed by atoms with Crippen LogP contribution in [0, 0.1) is 5.82 Å². The largest absolute Gasteiger partial charge is 0.494 e. The van der Waals surface area contributed by atoms with E-state index >= 15 is 0 Å². The number of sulfonamides is 1. The summed E-state index contributed by atoms with van der Waals surface area (Å²) in [6.45, 7) is -0.184. The molecule has 0 aromatic heterocycles. The van der Waals surface area contributed by atoms with E-state index in [9.17, 15) is 22.4 Å². The van der Waals surface area contributed by atoms with Gasteiger partial charge in [0, 0.05) is 6.54 Å². The third kappa shape index (κ3) is 7.16. The van der Waals surface area contributed by atoms with Gasteiger partial charge in [-0.15, -0.1) is 0 Å². The summed E-state index contributed by atoms with van der Waals surface area (Å²) in [5, 5.41) is 7.61. The molecule has 2 aromatic carbocycles. The highest BCUT2D eigenvalue weighted by Crippen LogP contribution is 2.18. The Kier molecular flexibility index (Phi) is 7.68. The van der Waals surface area contributed by atoms with Gasteiger partial charge in [-0.3, -0.25) is 9.59 Å². The number of methoxy groups -OCH3 is 1. The summed E-state index contributed by atoms with van der Waals surface area (Å²) in [6, 6.07) is 10.1. The zero-order valence-electron chi connectivity index (χ0n) is 15.7. The molecule has 2 aromatic rings. The highest BCUT2D eigenvalue weighted by molar-refractivity contribution is 7.89. The lowest BCUT2D eigenvalue weighted by molar-refractivity contribution is -0.147. The number of halogens is 1. The number of rotatable bonds is 9. The van der Waals surface area contributed by atoms with E-state index in [1.165, 1.54) is 37.4 Å². The van der Waals surface area contributed by atoms with Crippen molar-refractivity contribution in [1.82, 2.24) is 5.32 Å². The summed E-state index contributed by atoms with van der Waals surface area (Å²) in [5.41, 5.74) is 1.20. The van der Waals surface area contributed by atoms with Gasteiger partial charge in [0.15, 0.2) is 18.2 Å². The molecule has 0 spiro atoms. The monoisotopic (exact) mass is 424 g/mol. The first-order valence-corrected chi connectivity index (χ1v) is 10.1. The van der Waals surface area contributed by atoms with Crippen LogP contribution in [0.1, 0.15) is 11.1 Å². The Hall–Kier alpha value is -2.98. The number of esters is 1. The van der Waals surface area contributed by atoms with Gasteiger partial charge in [-0.2, -0.15) is 0 Å². The highest BCUT2D eigenvalue weighted by Gasteiger charge is 2.11. The first-order chi connectivity index (χ1) is 13.7. The van der Waals surface area contributed by atoms with Gasteiger partial charge in [0.25, 0.3) is 5.91 Å². The molecule has 0 atom stereocenters. The molecule has 1 amide bonds. The molecule has 0 unspecified atom stereocenters. The van der Waals surface area contributed by atoms with Crippen molar-refractivity contribution in [2.75, 3.05) is 20.3 Å². The summed E-state index contributed by atoms with van der Waals surface area (Å²) >= 11 is 0. The molecule has 8 nitrogen and oxygen atoms in total. The maximum atomic E-state index is 13.6. The SMILES string of the molecule is COc1ccc(CC(=O)OCC(=O)NCCc2ccc(S(N)(=O)=O)cc2)cc1F. The fraction of sp³-hybridized carbons (Fsp3) is 0.263. The molecular formula is C19H21FN2O6S. The van der Waals surface area contributed by atoms with E-state index in [1.807, 2.05) is 0 Å².